The van der Waals surface area contributed by atoms with E-state index in [4.69, 9.17) is 10.5 Å². The Morgan fingerprint density at radius 2 is 1.88 bits per heavy atom. The van der Waals surface area contributed by atoms with Crippen LogP contribution >= 0.6 is 0 Å². The zero-order chi connectivity index (χ0) is 12.1. The number of hydrogen-bond donors (Lipinski definition) is 2. The van der Waals surface area contributed by atoms with Crippen molar-refractivity contribution in [2.75, 3.05) is 7.05 Å². The average Bonchev–Trinajstić information content (AvgIpc) is 2.28. The topological polar surface area (TPSA) is 64.3 Å². The molecule has 0 bridgehead atoms. The number of rotatable bonds is 4. The molecule has 2 atom stereocenters. The molecule has 88 valence electrons. The van der Waals surface area contributed by atoms with Gasteiger partial charge < -0.3 is 15.8 Å². The molecule has 1 unspecified atom stereocenters. The highest BCUT2D eigenvalue weighted by molar-refractivity contribution is 5.80. The van der Waals surface area contributed by atoms with Crippen LogP contribution in [0.4, 0.5) is 0 Å². The van der Waals surface area contributed by atoms with E-state index < -0.39 is 6.10 Å². The van der Waals surface area contributed by atoms with Crippen LogP contribution in [0.3, 0.4) is 0 Å². The number of carbonyl (C=O) groups excluding carboxylic acids is 1. The molecule has 0 spiro atoms. The van der Waals surface area contributed by atoms with Gasteiger partial charge in [-0.1, -0.05) is 12.1 Å². The van der Waals surface area contributed by atoms with Gasteiger partial charge in [-0.05, 0) is 31.5 Å². The van der Waals surface area contributed by atoms with E-state index in [1.54, 1.807) is 14.0 Å². The van der Waals surface area contributed by atoms with Gasteiger partial charge in [0.2, 0.25) is 0 Å². The molecule has 0 radical (unpaired) electrons. The predicted molar refractivity (Wildman–Crippen MR) is 63.2 cm³/mol. The Balaban J connectivity index is 2.65. The molecule has 4 nitrogen and oxygen atoms in total. The Labute approximate surface area is 95.8 Å². The smallest absolute Gasteiger partial charge is 0.260 e. The van der Waals surface area contributed by atoms with E-state index in [0.29, 0.717) is 5.75 Å². The van der Waals surface area contributed by atoms with E-state index >= 15 is 0 Å². The Morgan fingerprint density at radius 1 is 1.31 bits per heavy atom. The van der Waals surface area contributed by atoms with Crippen LogP contribution in [0.15, 0.2) is 24.3 Å². The van der Waals surface area contributed by atoms with E-state index in [2.05, 4.69) is 5.32 Å². The van der Waals surface area contributed by atoms with Crippen molar-refractivity contribution in [2.45, 2.75) is 26.0 Å². The number of ether oxygens (including phenoxy) is 1. The fourth-order valence-corrected chi connectivity index (χ4v) is 1.31. The van der Waals surface area contributed by atoms with Crippen LogP contribution in [0.1, 0.15) is 25.5 Å². The van der Waals surface area contributed by atoms with Crippen LogP contribution in [0.25, 0.3) is 0 Å². The van der Waals surface area contributed by atoms with Crippen LogP contribution < -0.4 is 15.8 Å². The van der Waals surface area contributed by atoms with E-state index in [1.165, 1.54) is 0 Å². The molecule has 0 aliphatic rings. The van der Waals surface area contributed by atoms with Crippen molar-refractivity contribution in [3.8, 4) is 5.75 Å². The highest BCUT2D eigenvalue weighted by Crippen LogP contribution is 2.17. The van der Waals surface area contributed by atoms with Crippen molar-refractivity contribution in [2.24, 2.45) is 5.73 Å². The summed E-state index contributed by atoms with van der Waals surface area (Å²) in [5.41, 5.74) is 6.77. The second-order valence-electron chi connectivity index (χ2n) is 3.73. The number of likely N-dealkylation sites (N-methyl/N-ethyl adjacent to an activating group) is 1. The highest BCUT2D eigenvalue weighted by Gasteiger charge is 2.12. The van der Waals surface area contributed by atoms with Crippen molar-refractivity contribution < 1.29 is 9.53 Å². The van der Waals surface area contributed by atoms with Gasteiger partial charge in [0.25, 0.3) is 5.91 Å². The second kappa shape index (κ2) is 5.51. The summed E-state index contributed by atoms with van der Waals surface area (Å²) < 4.78 is 5.45. The van der Waals surface area contributed by atoms with Crippen molar-refractivity contribution in [1.82, 2.24) is 5.32 Å². The number of nitrogens with two attached hydrogens (primary N) is 1. The van der Waals surface area contributed by atoms with Gasteiger partial charge in [-0.2, -0.15) is 0 Å². The normalized spacial score (nSPS) is 14.0. The average molecular weight is 222 g/mol. The first-order chi connectivity index (χ1) is 7.54. The molecule has 0 fully saturated rings. The molecule has 1 amide bonds. The fraction of sp³-hybridized carbons (Fsp3) is 0.417. The molecule has 1 aromatic rings. The molecule has 16 heavy (non-hydrogen) atoms. The number of benzene rings is 1. The number of hydrogen-bond acceptors (Lipinski definition) is 3. The maximum absolute atomic E-state index is 11.2. The minimum atomic E-state index is -0.494. The molecule has 0 saturated carbocycles. The number of nitrogens with one attached hydrogen (secondary N) is 1. The van der Waals surface area contributed by atoms with E-state index in [-0.39, 0.29) is 11.9 Å². The monoisotopic (exact) mass is 222 g/mol. The Kier molecular flexibility index (Phi) is 4.31. The maximum atomic E-state index is 11.2. The van der Waals surface area contributed by atoms with Crippen LogP contribution in [0.5, 0.6) is 5.75 Å². The van der Waals surface area contributed by atoms with Crippen LogP contribution in [-0.4, -0.2) is 19.1 Å². The molecule has 0 aliphatic heterocycles. The summed E-state index contributed by atoms with van der Waals surface area (Å²) in [5, 5.41) is 2.53. The van der Waals surface area contributed by atoms with Gasteiger partial charge >= 0.3 is 0 Å². The Hall–Kier alpha value is -1.55. The van der Waals surface area contributed by atoms with E-state index in [1.807, 2.05) is 31.2 Å². The maximum Gasteiger partial charge on any atom is 0.260 e. The summed E-state index contributed by atoms with van der Waals surface area (Å²) in [6, 6.07) is 7.44. The third-order valence-corrected chi connectivity index (χ3v) is 2.33. The lowest BCUT2D eigenvalue weighted by Crippen LogP contribution is -2.33. The van der Waals surface area contributed by atoms with Gasteiger partial charge in [-0.25, -0.2) is 0 Å². The molecule has 0 aromatic heterocycles. The van der Waals surface area contributed by atoms with Crippen molar-refractivity contribution >= 4 is 5.91 Å². The minimum Gasteiger partial charge on any atom is -0.481 e. The molecule has 3 N–H and O–H groups in total. The zero-order valence-electron chi connectivity index (χ0n) is 9.86. The van der Waals surface area contributed by atoms with Crippen molar-refractivity contribution in [1.29, 1.82) is 0 Å². The largest absolute Gasteiger partial charge is 0.481 e. The second-order valence-corrected chi connectivity index (χ2v) is 3.73. The van der Waals surface area contributed by atoms with Crippen LogP contribution in [0, 0.1) is 0 Å². The number of amides is 1. The zero-order valence-corrected chi connectivity index (χ0v) is 9.86. The lowest BCUT2D eigenvalue weighted by Gasteiger charge is -2.13. The van der Waals surface area contributed by atoms with Crippen LogP contribution in [0.2, 0.25) is 0 Å². The molecule has 0 saturated heterocycles. The standard InChI is InChI=1S/C12H18N2O2/c1-8(13)10-4-6-11(7-5-10)16-9(2)12(15)14-3/h4-9H,13H2,1-3H3,(H,14,15)/t8-,9?/m1/s1. The summed E-state index contributed by atoms with van der Waals surface area (Å²) in [7, 11) is 1.58. The quantitative estimate of drug-likeness (QED) is 0.805. The van der Waals surface area contributed by atoms with E-state index in [0.717, 1.165) is 5.56 Å². The molecule has 1 rings (SSSR count). The SMILES string of the molecule is CNC(=O)C(C)Oc1ccc([C@@H](C)N)cc1. The third-order valence-electron chi connectivity index (χ3n) is 2.33. The van der Waals surface area contributed by atoms with Gasteiger partial charge in [-0.15, -0.1) is 0 Å². The van der Waals surface area contributed by atoms with Gasteiger partial charge in [0.05, 0.1) is 0 Å². The lowest BCUT2D eigenvalue weighted by atomic mass is 10.1. The molecule has 0 heterocycles. The van der Waals surface area contributed by atoms with Gasteiger partial charge in [0.15, 0.2) is 6.10 Å². The van der Waals surface area contributed by atoms with Crippen molar-refractivity contribution in [3.63, 3.8) is 0 Å². The summed E-state index contributed by atoms with van der Waals surface area (Å²) in [6.45, 7) is 3.63. The molecular formula is C12H18N2O2. The van der Waals surface area contributed by atoms with Crippen molar-refractivity contribution in [3.05, 3.63) is 29.8 Å². The molecule has 4 heteroatoms. The molecular weight excluding hydrogens is 204 g/mol. The predicted octanol–water partition coefficient (Wildman–Crippen LogP) is 1.22. The third kappa shape index (κ3) is 3.24. The molecule has 0 aliphatic carbocycles. The Bertz CT molecular complexity index is 347. The van der Waals surface area contributed by atoms with E-state index in [9.17, 15) is 4.79 Å². The Morgan fingerprint density at radius 3 is 2.31 bits per heavy atom. The lowest BCUT2D eigenvalue weighted by molar-refractivity contribution is -0.126. The first kappa shape index (κ1) is 12.5. The summed E-state index contributed by atoms with van der Waals surface area (Å²) in [5.74, 6) is 0.525. The minimum absolute atomic E-state index is 0.00501. The summed E-state index contributed by atoms with van der Waals surface area (Å²) in [4.78, 5) is 11.2. The summed E-state index contributed by atoms with van der Waals surface area (Å²) in [6.07, 6.45) is -0.494. The van der Waals surface area contributed by atoms with Gasteiger partial charge in [-0.3, -0.25) is 4.79 Å². The molecule has 1 aromatic carbocycles. The van der Waals surface area contributed by atoms with Crippen LogP contribution in [-0.2, 0) is 4.79 Å². The van der Waals surface area contributed by atoms with Gasteiger partial charge in [0.1, 0.15) is 5.75 Å². The first-order valence-corrected chi connectivity index (χ1v) is 5.28. The first-order valence-electron chi connectivity index (χ1n) is 5.28. The highest BCUT2D eigenvalue weighted by atomic mass is 16.5. The number of carbonyl (C=O) groups is 1. The van der Waals surface area contributed by atoms with Gasteiger partial charge in [0, 0.05) is 13.1 Å². The summed E-state index contributed by atoms with van der Waals surface area (Å²) >= 11 is 0. The fourth-order valence-electron chi connectivity index (χ4n) is 1.31.